The molecular formula is C11H22N4O3S. The molecule has 0 aliphatic heterocycles. The lowest BCUT2D eigenvalue weighted by molar-refractivity contribution is 0.269. The number of aliphatic hydroxyl groups excluding tert-OH is 1. The van der Waals surface area contributed by atoms with Crippen LogP contribution in [0, 0.1) is 0 Å². The molecule has 0 radical (unpaired) electrons. The first-order valence-electron chi connectivity index (χ1n) is 6.12. The molecule has 7 nitrogen and oxygen atoms in total. The van der Waals surface area contributed by atoms with Gasteiger partial charge in [-0.1, -0.05) is 0 Å². The van der Waals surface area contributed by atoms with Gasteiger partial charge in [-0.2, -0.15) is 5.10 Å². The molecule has 0 atom stereocenters. The minimum Gasteiger partial charge on any atom is -0.394 e. The van der Waals surface area contributed by atoms with Crippen LogP contribution >= 0.6 is 0 Å². The fourth-order valence-electron chi connectivity index (χ4n) is 1.61. The van der Waals surface area contributed by atoms with Crippen molar-refractivity contribution in [2.75, 3.05) is 40.8 Å². The first-order valence-corrected chi connectivity index (χ1v) is 7.56. The van der Waals surface area contributed by atoms with Crippen molar-refractivity contribution in [1.82, 2.24) is 19.0 Å². The number of aromatic nitrogens is 2. The number of nitrogens with zero attached hydrogens (tertiary/aromatic N) is 4. The molecule has 0 fully saturated rings. The predicted molar refractivity (Wildman–Crippen MR) is 72.3 cm³/mol. The molecule has 110 valence electrons. The van der Waals surface area contributed by atoms with Gasteiger partial charge in [0.1, 0.15) is 4.90 Å². The molecule has 0 saturated carbocycles. The van der Waals surface area contributed by atoms with Crippen molar-refractivity contribution >= 4 is 10.0 Å². The van der Waals surface area contributed by atoms with Gasteiger partial charge in [-0.15, -0.1) is 0 Å². The van der Waals surface area contributed by atoms with Crippen LogP contribution in [0.2, 0.25) is 0 Å². The maximum Gasteiger partial charge on any atom is 0.245 e. The zero-order chi connectivity index (χ0) is 14.5. The number of hydrogen-bond acceptors (Lipinski definition) is 5. The molecule has 0 aliphatic carbocycles. The van der Waals surface area contributed by atoms with Crippen LogP contribution in [-0.2, 0) is 16.6 Å². The van der Waals surface area contributed by atoms with Gasteiger partial charge in [0.05, 0.1) is 19.3 Å². The third-order valence-corrected chi connectivity index (χ3v) is 4.53. The van der Waals surface area contributed by atoms with E-state index in [1.165, 1.54) is 21.4 Å². The van der Waals surface area contributed by atoms with Crippen LogP contribution in [0.4, 0.5) is 0 Å². The van der Waals surface area contributed by atoms with E-state index in [-0.39, 0.29) is 11.5 Å². The van der Waals surface area contributed by atoms with E-state index in [4.69, 9.17) is 5.11 Å². The molecule has 1 aromatic heterocycles. The molecule has 0 aromatic carbocycles. The van der Waals surface area contributed by atoms with E-state index < -0.39 is 10.0 Å². The second kappa shape index (κ2) is 6.99. The van der Waals surface area contributed by atoms with Crippen molar-refractivity contribution in [1.29, 1.82) is 0 Å². The van der Waals surface area contributed by atoms with Gasteiger partial charge in [0.2, 0.25) is 10.0 Å². The molecule has 0 bridgehead atoms. The zero-order valence-electron chi connectivity index (χ0n) is 11.7. The number of sulfonamides is 1. The maximum atomic E-state index is 12.2. The summed E-state index contributed by atoms with van der Waals surface area (Å²) >= 11 is 0. The average molecular weight is 290 g/mol. The van der Waals surface area contributed by atoms with Gasteiger partial charge in [-0.25, -0.2) is 12.7 Å². The SMILES string of the molecule is CN(C)CCCN(C)S(=O)(=O)c1cnn(CCO)c1. The van der Waals surface area contributed by atoms with Crippen molar-refractivity contribution in [2.24, 2.45) is 0 Å². The van der Waals surface area contributed by atoms with Gasteiger partial charge in [-0.3, -0.25) is 4.68 Å². The van der Waals surface area contributed by atoms with Gasteiger partial charge < -0.3 is 10.0 Å². The topological polar surface area (TPSA) is 78.7 Å². The molecular weight excluding hydrogens is 268 g/mol. The molecule has 8 heteroatoms. The van der Waals surface area contributed by atoms with Crippen LogP contribution < -0.4 is 0 Å². The van der Waals surface area contributed by atoms with E-state index in [0.717, 1.165) is 13.0 Å². The highest BCUT2D eigenvalue weighted by Gasteiger charge is 2.22. The Hall–Kier alpha value is -0.960. The fourth-order valence-corrected chi connectivity index (χ4v) is 2.78. The van der Waals surface area contributed by atoms with Gasteiger partial charge in [-0.05, 0) is 27.1 Å². The summed E-state index contributed by atoms with van der Waals surface area (Å²) in [5.41, 5.74) is 0. The number of rotatable bonds is 8. The van der Waals surface area contributed by atoms with E-state index in [2.05, 4.69) is 5.10 Å². The highest BCUT2D eigenvalue weighted by molar-refractivity contribution is 7.89. The standard InChI is InChI=1S/C11H22N4O3S/c1-13(2)5-4-6-14(3)19(17,18)11-9-12-15(10-11)7-8-16/h9-10,16H,4-8H2,1-3H3. The second-order valence-electron chi connectivity index (χ2n) is 4.65. The van der Waals surface area contributed by atoms with E-state index in [0.29, 0.717) is 13.1 Å². The number of hydrogen-bond donors (Lipinski definition) is 1. The average Bonchev–Trinajstić information content (AvgIpc) is 2.78. The zero-order valence-corrected chi connectivity index (χ0v) is 12.5. The first kappa shape index (κ1) is 16.1. The Morgan fingerprint density at radius 3 is 2.58 bits per heavy atom. The Balaban J connectivity index is 2.67. The molecule has 0 unspecified atom stereocenters. The van der Waals surface area contributed by atoms with Crippen LogP contribution in [0.25, 0.3) is 0 Å². The molecule has 19 heavy (non-hydrogen) atoms. The summed E-state index contributed by atoms with van der Waals surface area (Å²) in [5.74, 6) is 0. The summed E-state index contributed by atoms with van der Waals surface area (Å²) in [6, 6.07) is 0. The second-order valence-corrected chi connectivity index (χ2v) is 6.69. The highest BCUT2D eigenvalue weighted by atomic mass is 32.2. The number of aliphatic hydroxyl groups is 1. The van der Waals surface area contributed by atoms with Crippen LogP contribution in [0.5, 0.6) is 0 Å². The van der Waals surface area contributed by atoms with E-state index in [1.54, 1.807) is 7.05 Å². The summed E-state index contributed by atoms with van der Waals surface area (Å²) in [7, 11) is 1.98. The van der Waals surface area contributed by atoms with E-state index in [1.807, 2.05) is 19.0 Å². The molecule has 1 N–H and O–H groups in total. The quantitative estimate of drug-likeness (QED) is 0.695. The van der Waals surface area contributed by atoms with Crippen molar-refractivity contribution in [3.8, 4) is 0 Å². The van der Waals surface area contributed by atoms with Crippen LogP contribution in [0.15, 0.2) is 17.3 Å². The Morgan fingerprint density at radius 2 is 2.00 bits per heavy atom. The fraction of sp³-hybridized carbons (Fsp3) is 0.727. The Bertz CT molecular complexity index is 484. The van der Waals surface area contributed by atoms with Gasteiger partial charge in [0.15, 0.2) is 0 Å². The lowest BCUT2D eigenvalue weighted by atomic mass is 10.4. The van der Waals surface area contributed by atoms with Crippen LogP contribution in [0.3, 0.4) is 0 Å². The monoisotopic (exact) mass is 290 g/mol. The third-order valence-electron chi connectivity index (χ3n) is 2.73. The summed E-state index contributed by atoms with van der Waals surface area (Å²) < 4.78 is 27.2. The van der Waals surface area contributed by atoms with Gasteiger partial charge in [0, 0.05) is 19.8 Å². The Morgan fingerprint density at radius 1 is 1.32 bits per heavy atom. The smallest absolute Gasteiger partial charge is 0.245 e. The predicted octanol–water partition coefficient (Wildman–Crippen LogP) is -0.552. The lowest BCUT2D eigenvalue weighted by Crippen LogP contribution is -2.29. The van der Waals surface area contributed by atoms with Gasteiger partial charge >= 0.3 is 0 Å². The third kappa shape index (κ3) is 4.57. The van der Waals surface area contributed by atoms with Gasteiger partial charge in [0.25, 0.3) is 0 Å². The molecule has 0 saturated heterocycles. The van der Waals surface area contributed by atoms with Crippen molar-refractivity contribution in [3.63, 3.8) is 0 Å². The van der Waals surface area contributed by atoms with Crippen molar-refractivity contribution < 1.29 is 13.5 Å². The van der Waals surface area contributed by atoms with Crippen LogP contribution in [-0.4, -0.2) is 73.3 Å². The van der Waals surface area contributed by atoms with E-state index >= 15 is 0 Å². The molecule has 0 aliphatic rings. The van der Waals surface area contributed by atoms with E-state index in [9.17, 15) is 8.42 Å². The summed E-state index contributed by atoms with van der Waals surface area (Å²) in [5, 5.41) is 12.7. The largest absolute Gasteiger partial charge is 0.394 e. The minimum absolute atomic E-state index is 0.0696. The van der Waals surface area contributed by atoms with Crippen molar-refractivity contribution in [2.45, 2.75) is 17.9 Å². The molecule has 1 rings (SSSR count). The minimum atomic E-state index is -3.48. The maximum absolute atomic E-state index is 12.2. The summed E-state index contributed by atoms with van der Waals surface area (Å²) in [6.07, 6.45) is 3.52. The molecule has 0 spiro atoms. The summed E-state index contributed by atoms with van der Waals surface area (Å²) in [6.45, 7) is 1.52. The molecule has 1 heterocycles. The Kier molecular flexibility index (Phi) is 5.92. The molecule has 0 amide bonds. The normalized spacial score (nSPS) is 12.5. The first-order chi connectivity index (χ1) is 8.87. The Labute approximate surface area is 114 Å². The summed E-state index contributed by atoms with van der Waals surface area (Å²) in [4.78, 5) is 2.17. The van der Waals surface area contributed by atoms with Crippen molar-refractivity contribution in [3.05, 3.63) is 12.4 Å². The lowest BCUT2D eigenvalue weighted by Gasteiger charge is -2.17. The van der Waals surface area contributed by atoms with Crippen LogP contribution in [0.1, 0.15) is 6.42 Å². The molecule has 1 aromatic rings. The highest BCUT2D eigenvalue weighted by Crippen LogP contribution is 2.13.